The maximum atomic E-state index is 13.2. The molecule has 0 radical (unpaired) electrons. The molecule has 9 heteroatoms. The molecule has 0 aliphatic rings. The van der Waals surface area contributed by atoms with Crippen LogP contribution in [0.4, 0.5) is 5.69 Å². The number of anilines is 1. The number of carbonyl (C=O) groups excluding carboxylic acids is 1. The summed E-state index contributed by atoms with van der Waals surface area (Å²) in [5.41, 5.74) is 0.403. The van der Waals surface area contributed by atoms with Gasteiger partial charge in [0.15, 0.2) is 0 Å². The van der Waals surface area contributed by atoms with E-state index in [0.29, 0.717) is 28.8 Å². The van der Waals surface area contributed by atoms with Crippen LogP contribution in [0.5, 0.6) is 5.75 Å². The minimum absolute atomic E-state index is 0.0445. The number of benzene rings is 2. The second-order valence-corrected chi connectivity index (χ2v) is 8.63. The van der Waals surface area contributed by atoms with E-state index in [-0.39, 0.29) is 11.4 Å². The Bertz CT molecular complexity index is 1080. The number of hydrogen-bond acceptors (Lipinski definition) is 5. The van der Waals surface area contributed by atoms with Crippen molar-refractivity contribution >= 4 is 33.2 Å². The summed E-state index contributed by atoms with van der Waals surface area (Å²) in [5.74, 6) is 0.449. The molecule has 3 rings (SSSR count). The fourth-order valence-corrected chi connectivity index (χ4v) is 4.28. The second kappa shape index (κ2) is 9.80. The van der Waals surface area contributed by atoms with Gasteiger partial charge in [0.25, 0.3) is 0 Å². The summed E-state index contributed by atoms with van der Waals surface area (Å²) >= 11 is 6.07. The third-order valence-electron chi connectivity index (χ3n) is 4.15. The van der Waals surface area contributed by atoms with E-state index in [1.807, 2.05) is 6.92 Å². The van der Waals surface area contributed by atoms with Crippen LogP contribution in [0.15, 0.2) is 76.2 Å². The molecule has 1 heterocycles. The van der Waals surface area contributed by atoms with E-state index in [0.717, 1.165) is 4.31 Å². The predicted molar refractivity (Wildman–Crippen MR) is 114 cm³/mol. The number of ether oxygens (including phenoxy) is 1. The molecule has 0 fully saturated rings. The van der Waals surface area contributed by atoms with Gasteiger partial charge in [-0.2, -0.15) is 4.31 Å². The number of halogens is 1. The number of carbonyl (C=O) groups is 1. The smallest absolute Gasteiger partial charge is 0.243 e. The Kier molecular flexibility index (Phi) is 7.15. The molecular formula is C21H21ClN2O5S. The van der Waals surface area contributed by atoms with Gasteiger partial charge >= 0.3 is 0 Å². The first-order valence-electron chi connectivity index (χ1n) is 9.20. The monoisotopic (exact) mass is 448 g/mol. The van der Waals surface area contributed by atoms with Crippen LogP contribution in [0.1, 0.15) is 12.7 Å². The number of furan rings is 1. The van der Waals surface area contributed by atoms with Gasteiger partial charge in [-0.25, -0.2) is 8.42 Å². The Balaban J connectivity index is 1.84. The van der Waals surface area contributed by atoms with E-state index >= 15 is 0 Å². The lowest BCUT2D eigenvalue weighted by Crippen LogP contribution is -2.37. The van der Waals surface area contributed by atoms with E-state index in [9.17, 15) is 13.2 Å². The van der Waals surface area contributed by atoms with Crippen molar-refractivity contribution < 1.29 is 22.4 Å². The van der Waals surface area contributed by atoms with Gasteiger partial charge in [-0.1, -0.05) is 23.7 Å². The molecule has 0 spiro atoms. The van der Waals surface area contributed by atoms with Crippen molar-refractivity contribution in [2.75, 3.05) is 18.5 Å². The Hall–Kier alpha value is -2.81. The quantitative estimate of drug-likeness (QED) is 0.531. The average Bonchev–Trinajstić information content (AvgIpc) is 3.23. The van der Waals surface area contributed by atoms with Crippen LogP contribution in [0.25, 0.3) is 0 Å². The predicted octanol–water partition coefficient (Wildman–Crippen LogP) is 4.16. The Morgan fingerprint density at radius 2 is 1.83 bits per heavy atom. The van der Waals surface area contributed by atoms with Crippen LogP contribution in [0.2, 0.25) is 5.02 Å². The molecule has 158 valence electrons. The summed E-state index contributed by atoms with van der Waals surface area (Å²) in [4.78, 5) is 12.6. The normalized spacial score (nSPS) is 11.4. The van der Waals surface area contributed by atoms with Crippen molar-refractivity contribution in [1.82, 2.24) is 4.31 Å². The van der Waals surface area contributed by atoms with Gasteiger partial charge in [-0.3, -0.25) is 4.79 Å². The number of amides is 1. The van der Waals surface area contributed by atoms with Crippen molar-refractivity contribution in [2.24, 2.45) is 0 Å². The van der Waals surface area contributed by atoms with E-state index in [2.05, 4.69) is 5.32 Å². The fraction of sp³-hybridized carbons (Fsp3) is 0.190. The zero-order valence-corrected chi connectivity index (χ0v) is 17.8. The summed E-state index contributed by atoms with van der Waals surface area (Å²) in [6.07, 6.45) is 1.45. The highest BCUT2D eigenvalue weighted by Crippen LogP contribution is 2.23. The van der Waals surface area contributed by atoms with Crippen LogP contribution >= 0.6 is 11.6 Å². The maximum absolute atomic E-state index is 13.2. The van der Waals surface area contributed by atoms with Crippen LogP contribution in [0, 0.1) is 0 Å². The van der Waals surface area contributed by atoms with E-state index < -0.39 is 22.5 Å². The molecule has 0 saturated heterocycles. The molecule has 0 saturated carbocycles. The Morgan fingerprint density at radius 1 is 1.10 bits per heavy atom. The molecule has 0 aliphatic carbocycles. The lowest BCUT2D eigenvalue weighted by atomic mass is 10.3. The van der Waals surface area contributed by atoms with Crippen LogP contribution in [0.3, 0.4) is 0 Å². The second-order valence-electron chi connectivity index (χ2n) is 6.28. The number of nitrogens with zero attached hydrogens (tertiary/aromatic N) is 1. The third-order valence-corrected chi connectivity index (χ3v) is 6.29. The first-order chi connectivity index (χ1) is 14.4. The molecule has 1 amide bonds. The number of hydrogen-bond donors (Lipinski definition) is 1. The first-order valence-corrected chi connectivity index (χ1v) is 11.0. The van der Waals surface area contributed by atoms with Gasteiger partial charge in [0.1, 0.15) is 11.5 Å². The van der Waals surface area contributed by atoms with Crippen LogP contribution < -0.4 is 10.1 Å². The zero-order chi connectivity index (χ0) is 21.6. The summed E-state index contributed by atoms with van der Waals surface area (Å²) < 4.78 is 38.1. The lowest BCUT2D eigenvalue weighted by molar-refractivity contribution is -0.116. The topological polar surface area (TPSA) is 88.9 Å². The molecule has 0 atom stereocenters. The summed E-state index contributed by atoms with van der Waals surface area (Å²) in [7, 11) is -3.98. The average molecular weight is 449 g/mol. The number of sulfonamides is 1. The first kappa shape index (κ1) is 21.9. The molecular weight excluding hydrogens is 428 g/mol. The highest BCUT2D eigenvalue weighted by molar-refractivity contribution is 7.89. The molecule has 3 aromatic rings. The van der Waals surface area contributed by atoms with Crippen molar-refractivity contribution in [3.63, 3.8) is 0 Å². The van der Waals surface area contributed by atoms with Gasteiger partial charge in [0.05, 0.1) is 41.6 Å². The third kappa shape index (κ3) is 5.41. The molecule has 1 N–H and O–H groups in total. The Morgan fingerprint density at radius 3 is 2.47 bits per heavy atom. The van der Waals surface area contributed by atoms with Crippen molar-refractivity contribution in [3.05, 3.63) is 77.7 Å². The molecule has 7 nitrogen and oxygen atoms in total. The standard InChI is InChI=1S/C21H21ClN2O5S/c1-2-28-16-9-11-18(12-10-16)30(26,27)24(14-17-6-5-13-29-17)15-21(25)23-20-8-4-3-7-19(20)22/h3-13H,2,14-15H2,1H3,(H,23,25). The van der Waals surface area contributed by atoms with E-state index in [1.165, 1.54) is 18.4 Å². The number of nitrogens with one attached hydrogen (secondary N) is 1. The molecule has 1 aromatic heterocycles. The largest absolute Gasteiger partial charge is 0.494 e. The van der Waals surface area contributed by atoms with Crippen molar-refractivity contribution in [3.8, 4) is 5.75 Å². The van der Waals surface area contributed by atoms with E-state index in [4.69, 9.17) is 20.8 Å². The van der Waals surface area contributed by atoms with Gasteiger partial charge < -0.3 is 14.5 Å². The van der Waals surface area contributed by atoms with Gasteiger partial charge in [-0.05, 0) is 55.5 Å². The number of rotatable bonds is 9. The van der Waals surface area contributed by atoms with Gasteiger partial charge in [0.2, 0.25) is 15.9 Å². The minimum Gasteiger partial charge on any atom is -0.494 e. The highest BCUT2D eigenvalue weighted by Gasteiger charge is 2.28. The molecule has 30 heavy (non-hydrogen) atoms. The lowest BCUT2D eigenvalue weighted by Gasteiger charge is -2.21. The number of para-hydroxylation sites is 1. The molecule has 0 bridgehead atoms. The Labute approximate surface area is 180 Å². The van der Waals surface area contributed by atoms with Gasteiger partial charge in [-0.15, -0.1) is 0 Å². The maximum Gasteiger partial charge on any atom is 0.243 e. The fourth-order valence-electron chi connectivity index (χ4n) is 2.74. The summed E-state index contributed by atoms with van der Waals surface area (Å²) in [6.45, 7) is 1.80. The highest BCUT2D eigenvalue weighted by atomic mass is 35.5. The van der Waals surface area contributed by atoms with Crippen molar-refractivity contribution in [2.45, 2.75) is 18.4 Å². The minimum atomic E-state index is -3.98. The summed E-state index contributed by atoms with van der Waals surface area (Å²) in [5, 5.41) is 3.00. The SMILES string of the molecule is CCOc1ccc(S(=O)(=O)N(CC(=O)Nc2ccccc2Cl)Cc2ccco2)cc1. The summed E-state index contributed by atoms with van der Waals surface area (Å²) in [6, 6.07) is 16.1. The van der Waals surface area contributed by atoms with Crippen molar-refractivity contribution in [1.29, 1.82) is 0 Å². The van der Waals surface area contributed by atoms with Crippen LogP contribution in [-0.2, 0) is 21.4 Å². The van der Waals surface area contributed by atoms with Crippen LogP contribution in [-0.4, -0.2) is 31.8 Å². The molecule has 2 aromatic carbocycles. The van der Waals surface area contributed by atoms with Gasteiger partial charge in [0, 0.05) is 0 Å². The zero-order valence-electron chi connectivity index (χ0n) is 16.2. The molecule has 0 unspecified atom stereocenters. The van der Waals surface area contributed by atoms with E-state index in [1.54, 1.807) is 48.5 Å². The molecule has 0 aliphatic heterocycles.